The smallest absolute Gasteiger partial charge is 0.159 e. The molecule has 0 N–H and O–H groups in total. The lowest BCUT2D eigenvalue weighted by atomic mass is 9.86. The molecule has 0 aliphatic rings. The SMILES string of the molecule is Fc1ccc(-c2c3ccccc3c(-c3ccccc3)c3cccc(F)c23)cc1F. The van der Waals surface area contributed by atoms with E-state index in [0.717, 1.165) is 39.4 Å². The summed E-state index contributed by atoms with van der Waals surface area (Å²) < 4.78 is 42.8. The van der Waals surface area contributed by atoms with E-state index in [1.54, 1.807) is 6.07 Å². The van der Waals surface area contributed by atoms with Crippen LogP contribution in [0.1, 0.15) is 0 Å². The van der Waals surface area contributed by atoms with Crippen molar-refractivity contribution in [3.8, 4) is 22.3 Å². The fraction of sp³-hybridized carbons (Fsp3) is 0. The van der Waals surface area contributed by atoms with E-state index in [0.29, 0.717) is 16.5 Å². The molecule has 5 aromatic rings. The Bertz CT molecular complexity index is 1370. The van der Waals surface area contributed by atoms with Crippen molar-refractivity contribution >= 4 is 21.5 Å². The van der Waals surface area contributed by atoms with Gasteiger partial charge in [0.25, 0.3) is 0 Å². The summed E-state index contributed by atoms with van der Waals surface area (Å²) in [5, 5.41) is 2.84. The number of hydrogen-bond acceptors (Lipinski definition) is 0. The van der Waals surface area contributed by atoms with Gasteiger partial charge in [-0.15, -0.1) is 0 Å². The third-order valence-corrected chi connectivity index (χ3v) is 5.27. The van der Waals surface area contributed by atoms with E-state index in [9.17, 15) is 8.78 Å². The van der Waals surface area contributed by atoms with Gasteiger partial charge < -0.3 is 0 Å². The van der Waals surface area contributed by atoms with Gasteiger partial charge in [-0.3, -0.25) is 0 Å². The van der Waals surface area contributed by atoms with Gasteiger partial charge >= 0.3 is 0 Å². The number of rotatable bonds is 2. The van der Waals surface area contributed by atoms with E-state index in [1.807, 2.05) is 60.7 Å². The molecule has 0 spiro atoms. The summed E-state index contributed by atoms with van der Waals surface area (Å²) in [5.41, 5.74) is 2.89. The van der Waals surface area contributed by atoms with Gasteiger partial charge in [0, 0.05) is 10.9 Å². The highest BCUT2D eigenvalue weighted by Gasteiger charge is 2.19. The third kappa shape index (κ3) is 2.78. The van der Waals surface area contributed by atoms with E-state index >= 15 is 4.39 Å². The highest BCUT2D eigenvalue weighted by Crippen LogP contribution is 2.44. The Kier molecular flexibility index (Phi) is 4.09. The van der Waals surface area contributed by atoms with E-state index in [4.69, 9.17) is 0 Å². The van der Waals surface area contributed by atoms with Crippen molar-refractivity contribution in [2.24, 2.45) is 0 Å². The van der Waals surface area contributed by atoms with Crippen molar-refractivity contribution < 1.29 is 13.2 Å². The van der Waals surface area contributed by atoms with Crippen molar-refractivity contribution in [1.82, 2.24) is 0 Å². The maximum absolute atomic E-state index is 15.2. The molecule has 0 fully saturated rings. The second kappa shape index (κ2) is 6.78. The number of halogens is 3. The molecule has 0 amide bonds. The molecule has 29 heavy (non-hydrogen) atoms. The summed E-state index contributed by atoms with van der Waals surface area (Å²) in [6.07, 6.45) is 0. The standard InChI is InChI=1S/C26H15F3/c27-21-14-13-17(15-23(21)29)25-19-10-5-4-9-18(19)24(16-7-2-1-3-8-16)20-11-6-12-22(28)26(20)25/h1-15H. The van der Waals surface area contributed by atoms with Gasteiger partial charge in [0.05, 0.1) is 0 Å². The first-order valence-electron chi connectivity index (χ1n) is 9.29. The molecule has 0 bridgehead atoms. The summed E-state index contributed by atoms with van der Waals surface area (Å²) in [5.74, 6) is -2.28. The zero-order chi connectivity index (χ0) is 20.0. The average Bonchev–Trinajstić information content (AvgIpc) is 2.75. The molecule has 0 saturated carbocycles. The number of fused-ring (bicyclic) bond motifs is 2. The predicted molar refractivity (Wildman–Crippen MR) is 112 cm³/mol. The van der Waals surface area contributed by atoms with Gasteiger partial charge in [-0.2, -0.15) is 0 Å². The Morgan fingerprint density at radius 3 is 1.79 bits per heavy atom. The molecule has 5 rings (SSSR count). The highest BCUT2D eigenvalue weighted by atomic mass is 19.2. The quantitative estimate of drug-likeness (QED) is 0.273. The molecule has 0 radical (unpaired) electrons. The second-order valence-electron chi connectivity index (χ2n) is 6.95. The van der Waals surface area contributed by atoms with Crippen LogP contribution < -0.4 is 0 Å². The molecular formula is C26H15F3. The Morgan fingerprint density at radius 1 is 0.414 bits per heavy atom. The Balaban J connectivity index is 2.03. The molecular weight excluding hydrogens is 369 g/mol. The number of benzene rings is 5. The summed E-state index contributed by atoms with van der Waals surface area (Å²) in [7, 11) is 0. The van der Waals surface area contributed by atoms with E-state index in [-0.39, 0.29) is 0 Å². The minimum atomic E-state index is -0.955. The normalized spacial score (nSPS) is 11.3. The van der Waals surface area contributed by atoms with Crippen LogP contribution in [0.15, 0.2) is 91.0 Å². The molecule has 0 aliphatic carbocycles. The zero-order valence-corrected chi connectivity index (χ0v) is 15.3. The van der Waals surface area contributed by atoms with Crippen LogP contribution >= 0.6 is 0 Å². The van der Waals surface area contributed by atoms with Crippen molar-refractivity contribution in [1.29, 1.82) is 0 Å². The highest BCUT2D eigenvalue weighted by molar-refractivity contribution is 6.21. The summed E-state index contributed by atoms with van der Waals surface area (Å²) in [6.45, 7) is 0. The largest absolute Gasteiger partial charge is 0.206 e. The van der Waals surface area contributed by atoms with Gasteiger partial charge in [-0.25, -0.2) is 13.2 Å². The fourth-order valence-electron chi connectivity index (χ4n) is 4.05. The minimum absolute atomic E-state index is 0.398. The molecule has 0 heterocycles. The van der Waals surface area contributed by atoms with Crippen LogP contribution in [0.4, 0.5) is 13.2 Å². The number of hydrogen-bond donors (Lipinski definition) is 0. The Labute approximate surface area is 165 Å². The molecule has 5 aromatic carbocycles. The van der Waals surface area contributed by atoms with Crippen LogP contribution in [0.25, 0.3) is 43.8 Å². The van der Waals surface area contributed by atoms with E-state index in [1.165, 1.54) is 12.1 Å². The maximum atomic E-state index is 15.2. The van der Waals surface area contributed by atoms with Crippen LogP contribution in [0.3, 0.4) is 0 Å². The van der Waals surface area contributed by atoms with E-state index in [2.05, 4.69) is 0 Å². The summed E-state index contributed by atoms with van der Waals surface area (Å²) in [6, 6.07) is 26.1. The zero-order valence-electron chi connectivity index (χ0n) is 15.3. The van der Waals surface area contributed by atoms with Crippen molar-refractivity contribution in [3.63, 3.8) is 0 Å². The first kappa shape index (κ1) is 17.5. The van der Waals surface area contributed by atoms with Gasteiger partial charge in [-0.05, 0) is 51.0 Å². The molecule has 0 saturated heterocycles. The van der Waals surface area contributed by atoms with Crippen molar-refractivity contribution in [2.75, 3.05) is 0 Å². The van der Waals surface area contributed by atoms with Gasteiger partial charge in [0.15, 0.2) is 11.6 Å². The maximum Gasteiger partial charge on any atom is 0.159 e. The third-order valence-electron chi connectivity index (χ3n) is 5.27. The fourth-order valence-corrected chi connectivity index (χ4v) is 4.05. The van der Waals surface area contributed by atoms with Crippen LogP contribution in [-0.4, -0.2) is 0 Å². The van der Waals surface area contributed by atoms with Gasteiger partial charge in [-0.1, -0.05) is 72.8 Å². The molecule has 0 unspecified atom stereocenters. The summed E-state index contributed by atoms with van der Waals surface area (Å²) >= 11 is 0. The predicted octanol–water partition coefficient (Wildman–Crippen LogP) is 7.74. The lowest BCUT2D eigenvalue weighted by molar-refractivity contribution is 0.509. The molecule has 3 heteroatoms. The first-order chi connectivity index (χ1) is 14.1. The van der Waals surface area contributed by atoms with Crippen molar-refractivity contribution in [3.05, 3.63) is 108 Å². The van der Waals surface area contributed by atoms with Crippen LogP contribution in [0, 0.1) is 17.5 Å². The minimum Gasteiger partial charge on any atom is -0.206 e. The molecule has 0 nitrogen and oxygen atoms in total. The van der Waals surface area contributed by atoms with Crippen LogP contribution in [0.2, 0.25) is 0 Å². The first-order valence-corrected chi connectivity index (χ1v) is 9.29. The van der Waals surface area contributed by atoms with Crippen LogP contribution in [0.5, 0.6) is 0 Å². The lowest BCUT2D eigenvalue weighted by Crippen LogP contribution is -1.94. The lowest BCUT2D eigenvalue weighted by Gasteiger charge is -2.18. The molecule has 0 atom stereocenters. The molecule has 140 valence electrons. The van der Waals surface area contributed by atoms with Crippen molar-refractivity contribution in [2.45, 2.75) is 0 Å². The average molecular weight is 384 g/mol. The molecule has 0 aromatic heterocycles. The second-order valence-corrected chi connectivity index (χ2v) is 6.95. The monoisotopic (exact) mass is 384 g/mol. The topological polar surface area (TPSA) is 0 Å². The Hall–Kier alpha value is -3.59. The summed E-state index contributed by atoms with van der Waals surface area (Å²) in [4.78, 5) is 0. The van der Waals surface area contributed by atoms with Gasteiger partial charge in [0.1, 0.15) is 5.82 Å². The van der Waals surface area contributed by atoms with E-state index < -0.39 is 17.5 Å². The Morgan fingerprint density at radius 2 is 1.07 bits per heavy atom. The molecule has 0 aliphatic heterocycles. The van der Waals surface area contributed by atoms with Gasteiger partial charge in [0.2, 0.25) is 0 Å². The van der Waals surface area contributed by atoms with Crippen LogP contribution in [-0.2, 0) is 0 Å².